The molecule has 0 fully saturated rings. The van der Waals surface area contributed by atoms with Gasteiger partial charge in [0.15, 0.2) is 5.13 Å². The van der Waals surface area contributed by atoms with Gasteiger partial charge in [-0.05, 0) is 42.5 Å². The number of halogens is 2. The van der Waals surface area contributed by atoms with Crippen LogP contribution < -0.4 is 10.1 Å². The van der Waals surface area contributed by atoms with E-state index in [1.807, 2.05) is 30.3 Å². The van der Waals surface area contributed by atoms with Gasteiger partial charge in [0, 0.05) is 5.56 Å². The van der Waals surface area contributed by atoms with Gasteiger partial charge in [-0.1, -0.05) is 58.8 Å². The molecule has 7 heteroatoms. The van der Waals surface area contributed by atoms with E-state index in [1.54, 1.807) is 36.4 Å². The highest BCUT2D eigenvalue weighted by Gasteiger charge is 2.14. The van der Waals surface area contributed by atoms with Gasteiger partial charge in [-0.2, -0.15) is 0 Å². The van der Waals surface area contributed by atoms with Crippen molar-refractivity contribution in [2.75, 3.05) is 5.32 Å². The van der Waals surface area contributed by atoms with Gasteiger partial charge in [-0.25, -0.2) is 4.98 Å². The number of nitrogens with zero attached hydrogens (tertiary/aromatic N) is 1. The van der Waals surface area contributed by atoms with Gasteiger partial charge in [0.05, 0.1) is 14.7 Å². The summed E-state index contributed by atoms with van der Waals surface area (Å²) in [6.45, 7) is 0. The summed E-state index contributed by atoms with van der Waals surface area (Å²) in [6.07, 6.45) is 0. The van der Waals surface area contributed by atoms with Crippen molar-refractivity contribution >= 4 is 55.8 Å². The first-order chi connectivity index (χ1) is 13.1. The smallest absolute Gasteiger partial charge is 0.257 e. The largest absolute Gasteiger partial charge is 0.457 e. The molecule has 1 N–H and O–H groups in total. The zero-order chi connectivity index (χ0) is 18.8. The third-order valence-electron chi connectivity index (χ3n) is 3.74. The molecular formula is C20H12Cl2N2O2S. The number of ether oxygens (including phenoxy) is 1. The molecule has 4 rings (SSSR count). The van der Waals surface area contributed by atoms with E-state index >= 15 is 0 Å². The van der Waals surface area contributed by atoms with Crippen molar-refractivity contribution in [1.82, 2.24) is 4.98 Å². The second kappa shape index (κ2) is 7.56. The molecule has 0 radical (unpaired) electrons. The maximum Gasteiger partial charge on any atom is 0.257 e. The fourth-order valence-electron chi connectivity index (χ4n) is 2.49. The van der Waals surface area contributed by atoms with Crippen LogP contribution in [0.1, 0.15) is 10.4 Å². The van der Waals surface area contributed by atoms with Gasteiger partial charge >= 0.3 is 0 Å². The van der Waals surface area contributed by atoms with Gasteiger partial charge in [-0.3, -0.25) is 10.1 Å². The molecule has 0 atom stereocenters. The molecule has 1 heterocycles. The zero-order valence-corrected chi connectivity index (χ0v) is 16.1. The van der Waals surface area contributed by atoms with Crippen LogP contribution in [0.25, 0.3) is 10.2 Å². The number of nitrogens with one attached hydrogen (secondary N) is 1. The summed E-state index contributed by atoms with van der Waals surface area (Å²) in [7, 11) is 0. The molecule has 0 aliphatic rings. The van der Waals surface area contributed by atoms with E-state index in [9.17, 15) is 4.79 Å². The molecule has 1 amide bonds. The van der Waals surface area contributed by atoms with Crippen molar-refractivity contribution in [2.45, 2.75) is 0 Å². The van der Waals surface area contributed by atoms with Gasteiger partial charge in [0.1, 0.15) is 17.0 Å². The highest BCUT2D eigenvalue weighted by molar-refractivity contribution is 7.23. The van der Waals surface area contributed by atoms with Crippen LogP contribution in [-0.2, 0) is 0 Å². The zero-order valence-electron chi connectivity index (χ0n) is 13.8. The Balaban J connectivity index is 1.56. The van der Waals surface area contributed by atoms with E-state index in [0.717, 1.165) is 4.70 Å². The molecule has 27 heavy (non-hydrogen) atoms. The van der Waals surface area contributed by atoms with Crippen LogP contribution in [0.3, 0.4) is 0 Å². The van der Waals surface area contributed by atoms with Crippen molar-refractivity contribution in [3.05, 3.63) is 82.3 Å². The first-order valence-corrected chi connectivity index (χ1v) is 9.56. The third-order valence-corrected chi connectivity index (χ3v) is 5.48. The molecule has 0 aliphatic carbocycles. The van der Waals surface area contributed by atoms with E-state index in [1.165, 1.54) is 11.3 Å². The molecule has 0 unspecified atom stereocenters. The van der Waals surface area contributed by atoms with Crippen molar-refractivity contribution in [3.63, 3.8) is 0 Å². The summed E-state index contributed by atoms with van der Waals surface area (Å²) in [4.78, 5) is 17.0. The fourth-order valence-corrected chi connectivity index (χ4v) is 3.91. The number of aromatic nitrogens is 1. The maximum absolute atomic E-state index is 12.6. The molecule has 4 nitrogen and oxygen atoms in total. The number of rotatable bonds is 4. The van der Waals surface area contributed by atoms with E-state index in [-0.39, 0.29) is 5.91 Å². The Morgan fingerprint density at radius 3 is 2.44 bits per heavy atom. The van der Waals surface area contributed by atoms with Crippen molar-refractivity contribution < 1.29 is 9.53 Å². The summed E-state index contributed by atoms with van der Waals surface area (Å²) >= 11 is 13.6. The lowest BCUT2D eigenvalue weighted by Crippen LogP contribution is -2.11. The SMILES string of the molecule is O=C(Nc1nc2c(Cl)ccc(Cl)c2s1)c1cccc(Oc2ccccc2)c1. The van der Waals surface area contributed by atoms with Crippen LogP contribution in [0.5, 0.6) is 11.5 Å². The number of para-hydroxylation sites is 1. The minimum absolute atomic E-state index is 0.292. The average molecular weight is 415 g/mol. The van der Waals surface area contributed by atoms with Crippen LogP contribution in [0, 0.1) is 0 Å². The number of fused-ring (bicyclic) bond motifs is 1. The second-order valence-corrected chi connectivity index (χ2v) is 7.44. The summed E-state index contributed by atoms with van der Waals surface area (Å²) in [5.74, 6) is 0.981. The quantitative estimate of drug-likeness (QED) is 0.406. The summed E-state index contributed by atoms with van der Waals surface area (Å²) < 4.78 is 6.51. The predicted molar refractivity (Wildman–Crippen MR) is 111 cm³/mol. The maximum atomic E-state index is 12.6. The monoisotopic (exact) mass is 414 g/mol. The Morgan fingerprint density at radius 2 is 1.67 bits per heavy atom. The third kappa shape index (κ3) is 3.90. The van der Waals surface area contributed by atoms with Gasteiger partial charge < -0.3 is 4.74 Å². The van der Waals surface area contributed by atoms with Crippen LogP contribution in [0.15, 0.2) is 66.7 Å². The van der Waals surface area contributed by atoms with Crippen molar-refractivity contribution in [2.24, 2.45) is 0 Å². The summed E-state index contributed by atoms with van der Waals surface area (Å²) in [6, 6.07) is 19.7. The Kier molecular flexibility index (Phi) is 4.99. The van der Waals surface area contributed by atoms with E-state index in [4.69, 9.17) is 27.9 Å². The molecule has 1 aromatic heterocycles. The minimum atomic E-state index is -0.292. The van der Waals surface area contributed by atoms with E-state index in [0.29, 0.717) is 37.8 Å². The Morgan fingerprint density at radius 1 is 0.926 bits per heavy atom. The van der Waals surface area contributed by atoms with E-state index in [2.05, 4.69) is 10.3 Å². The molecule has 0 bridgehead atoms. The van der Waals surface area contributed by atoms with Crippen molar-refractivity contribution in [1.29, 1.82) is 0 Å². The first kappa shape index (κ1) is 17.8. The van der Waals surface area contributed by atoms with Crippen LogP contribution >= 0.6 is 34.5 Å². The Labute approximate surface area is 169 Å². The summed E-state index contributed by atoms with van der Waals surface area (Å²) in [5, 5.41) is 4.26. The lowest BCUT2D eigenvalue weighted by molar-refractivity contribution is 0.102. The van der Waals surface area contributed by atoms with Crippen LogP contribution in [-0.4, -0.2) is 10.9 Å². The highest BCUT2D eigenvalue weighted by Crippen LogP contribution is 2.36. The molecule has 0 aliphatic heterocycles. The number of amides is 1. The number of benzene rings is 3. The molecule has 0 spiro atoms. The van der Waals surface area contributed by atoms with Gasteiger partial charge in [-0.15, -0.1) is 0 Å². The molecule has 134 valence electrons. The lowest BCUT2D eigenvalue weighted by Gasteiger charge is -2.07. The normalized spacial score (nSPS) is 10.7. The Bertz CT molecular complexity index is 1090. The van der Waals surface area contributed by atoms with Crippen LogP contribution in [0.2, 0.25) is 10.0 Å². The van der Waals surface area contributed by atoms with Crippen LogP contribution in [0.4, 0.5) is 5.13 Å². The summed E-state index contributed by atoms with van der Waals surface area (Å²) in [5.41, 5.74) is 1.03. The Hall–Kier alpha value is -2.60. The molecular weight excluding hydrogens is 403 g/mol. The lowest BCUT2D eigenvalue weighted by atomic mass is 10.2. The molecule has 3 aromatic carbocycles. The van der Waals surface area contributed by atoms with Gasteiger partial charge in [0.25, 0.3) is 5.91 Å². The standard InChI is InChI=1S/C20H12Cl2N2O2S/c21-15-9-10-16(22)18-17(15)23-20(27-18)24-19(25)12-5-4-8-14(11-12)26-13-6-2-1-3-7-13/h1-11H,(H,23,24,25). The van der Waals surface area contributed by atoms with Gasteiger partial charge in [0.2, 0.25) is 0 Å². The van der Waals surface area contributed by atoms with E-state index < -0.39 is 0 Å². The molecule has 0 saturated heterocycles. The minimum Gasteiger partial charge on any atom is -0.457 e. The second-order valence-electron chi connectivity index (χ2n) is 5.62. The average Bonchev–Trinajstić information content (AvgIpc) is 3.11. The number of hydrogen-bond donors (Lipinski definition) is 1. The predicted octanol–water partition coefficient (Wildman–Crippen LogP) is 6.65. The number of thiazole rings is 1. The van der Waals surface area contributed by atoms with Crippen molar-refractivity contribution in [3.8, 4) is 11.5 Å². The fraction of sp³-hybridized carbons (Fsp3) is 0. The molecule has 0 saturated carbocycles. The topological polar surface area (TPSA) is 51.2 Å². The number of carbonyl (C=O) groups is 1. The first-order valence-electron chi connectivity index (χ1n) is 7.99. The number of carbonyl (C=O) groups excluding carboxylic acids is 1. The number of anilines is 1. The highest BCUT2D eigenvalue weighted by atomic mass is 35.5. The molecule has 4 aromatic rings. The number of hydrogen-bond acceptors (Lipinski definition) is 4.